The summed E-state index contributed by atoms with van der Waals surface area (Å²) in [7, 11) is 0. The number of carbonyl (C=O) groups is 1. The van der Waals surface area contributed by atoms with Gasteiger partial charge in [-0.15, -0.1) is 0 Å². The molecule has 1 aliphatic rings. The fourth-order valence-corrected chi connectivity index (χ4v) is 2.63. The zero-order valence-corrected chi connectivity index (χ0v) is 13.1. The van der Waals surface area contributed by atoms with Crippen LogP contribution in [0.5, 0.6) is 0 Å². The van der Waals surface area contributed by atoms with E-state index in [1.54, 1.807) is 24.5 Å². The van der Waals surface area contributed by atoms with Crippen LogP contribution in [0.15, 0.2) is 24.5 Å². The average molecular weight is 326 g/mol. The zero-order chi connectivity index (χ0) is 16.8. The maximum absolute atomic E-state index is 12.2. The van der Waals surface area contributed by atoms with Gasteiger partial charge in [-0.3, -0.25) is 14.9 Å². The molecule has 8 heteroatoms. The van der Waals surface area contributed by atoms with Crippen molar-refractivity contribution < 1.29 is 9.53 Å². The van der Waals surface area contributed by atoms with E-state index < -0.39 is 6.04 Å². The van der Waals surface area contributed by atoms with Crippen molar-refractivity contribution in [1.82, 2.24) is 25.5 Å². The van der Waals surface area contributed by atoms with Crippen LogP contribution in [0.3, 0.4) is 0 Å². The molecule has 3 rings (SSSR count). The van der Waals surface area contributed by atoms with Crippen LogP contribution in [0.2, 0.25) is 0 Å². The minimum Gasteiger partial charge on any atom is -0.381 e. The molecule has 2 aromatic heterocycles. The number of carbonyl (C=O) groups excluding carboxylic acids is 1. The van der Waals surface area contributed by atoms with Crippen LogP contribution in [0.4, 0.5) is 0 Å². The second-order valence-corrected chi connectivity index (χ2v) is 5.62. The van der Waals surface area contributed by atoms with E-state index in [1.807, 2.05) is 0 Å². The fourth-order valence-electron chi connectivity index (χ4n) is 2.63. The van der Waals surface area contributed by atoms with E-state index >= 15 is 0 Å². The van der Waals surface area contributed by atoms with E-state index in [0.717, 1.165) is 18.7 Å². The van der Waals surface area contributed by atoms with Crippen molar-refractivity contribution in [2.45, 2.75) is 31.2 Å². The molecule has 0 radical (unpaired) electrons. The van der Waals surface area contributed by atoms with Crippen molar-refractivity contribution in [3.8, 4) is 6.07 Å². The van der Waals surface area contributed by atoms with Crippen LogP contribution in [0.25, 0.3) is 0 Å². The highest BCUT2D eigenvalue weighted by Crippen LogP contribution is 2.23. The Hall–Kier alpha value is -2.79. The van der Waals surface area contributed by atoms with Gasteiger partial charge >= 0.3 is 0 Å². The van der Waals surface area contributed by atoms with E-state index in [0.29, 0.717) is 24.6 Å². The van der Waals surface area contributed by atoms with Gasteiger partial charge in [-0.1, -0.05) is 6.07 Å². The maximum Gasteiger partial charge on any atom is 0.228 e. The monoisotopic (exact) mass is 326 g/mol. The van der Waals surface area contributed by atoms with Gasteiger partial charge in [0.05, 0.1) is 12.5 Å². The smallest absolute Gasteiger partial charge is 0.228 e. The molecule has 0 aliphatic carbocycles. The molecular formula is C16H18N6O2. The van der Waals surface area contributed by atoms with Crippen LogP contribution in [0.1, 0.15) is 42.0 Å². The van der Waals surface area contributed by atoms with Crippen molar-refractivity contribution in [2.75, 3.05) is 13.2 Å². The van der Waals surface area contributed by atoms with Crippen LogP contribution < -0.4 is 5.32 Å². The summed E-state index contributed by atoms with van der Waals surface area (Å²) in [6, 6.07) is 4.80. The molecule has 24 heavy (non-hydrogen) atoms. The highest BCUT2D eigenvalue weighted by Gasteiger charge is 2.21. The van der Waals surface area contributed by atoms with E-state index in [1.165, 1.54) is 0 Å². The largest absolute Gasteiger partial charge is 0.381 e. The maximum atomic E-state index is 12.2. The van der Waals surface area contributed by atoms with Crippen molar-refractivity contribution >= 4 is 5.91 Å². The lowest BCUT2D eigenvalue weighted by molar-refractivity contribution is -0.120. The molecular weight excluding hydrogens is 308 g/mol. The van der Waals surface area contributed by atoms with Gasteiger partial charge in [-0.25, -0.2) is 4.98 Å². The second-order valence-electron chi connectivity index (χ2n) is 5.62. The van der Waals surface area contributed by atoms with Crippen LogP contribution in [-0.4, -0.2) is 39.3 Å². The van der Waals surface area contributed by atoms with Crippen LogP contribution >= 0.6 is 0 Å². The molecule has 3 heterocycles. The number of H-pyrrole nitrogens is 1. The molecule has 1 atom stereocenters. The van der Waals surface area contributed by atoms with E-state index in [9.17, 15) is 10.1 Å². The molecule has 1 saturated heterocycles. The Balaban J connectivity index is 1.58. The van der Waals surface area contributed by atoms with Gasteiger partial charge in [0.25, 0.3) is 0 Å². The number of nitrogens with zero attached hydrogens (tertiary/aromatic N) is 4. The first-order chi connectivity index (χ1) is 11.8. The Morgan fingerprint density at radius 2 is 2.33 bits per heavy atom. The summed E-state index contributed by atoms with van der Waals surface area (Å²) in [6.45, 7) is 1.42. The topological polar surface area (TPSA) is 117 Å². The van der Waals surface area contributed by atoms with Gasteiger partial charge < -0.3 is 10.1 Å². The molecule has 1 unspecified atom stereocenters. The summed E-state index contributed by atoms with van der Waals surface area (Å²) in [6.07, 6.45) is 5.01. The summed E-state index contributed by atoms with van der Waals surface area (Å²) >= 11 is 0. The van der Waals surface area contributed by atoms with Crippen LogP contribution in [0, 0.1) is 11.3 Å². The van der Waals surface area contributed by atoms with Gasteiger partial charge in [-0.05, 0) is 18.9 Å². The molecule has 0 bridgehead atoms. The highest BCUT2D eigenvalue weighted by atomic mass is 16.5. The standard InChI is InChI=1S/C16H18N6O2/c17-9-13(12-2-1-5-18-10-12)19-15(23)8-14-20-16(22-21-14)11-3-6-24-7-4-11/h1-2,5,10-11,13H,3-4,6-8H2,(H,19,23)(H,20,21,22). The van der Waals surface area contributed by atoms with Crippen molar-refractivity contribution in [3.63, 3.8) is 0 Å². The zero-order valence-electron chi connectivity index (χ0n) is 13.1. The Labute approximate surface area is 139 Å². The number of pyridine rings is 1. The number of amides is 1. The minimum atomic E-state index is -0.732. The molecule has 1 fully saturated rings. The molecule has 124 valence electrons. The third-order valence-electron chi connectivity index (χ3n) is 3.92. The number of aromatic nitrogens is 4. The van der Waals surface area contributed by atoms with Gasteiger partial charge in [0, 0.05) is 37.1 Å². The number of rotatable bonds is 5. The third-order valence-corrected chi connectivity index (χ3v) is 3.92. The summed E-state index contributed by atoms with van der Waals surface area (Å²) in [5.74, 6) is 1.20. The molecule has 8 nitrogen and oxygen atoms in total. The number of aromatic amines is 1. The summed E-state index contributed by atoms with van der Waals surface area (Å²) < 4.78 is 5.33. The number of ether oxygens (including phenoxy) is 1. The lowest BCUT2D eigenvalue weighted by Gasteiger charge is -2.18. The van der Waals surface area contributed by atoms with Crippen molar-refractivity contribution in [2.24, 2.45) is 0 Å². The summed E-state index contributed by atoms with van der Waals surface area (Å²) in [5.41, 5.74) is 0.647. The predicted octanol–water partition coefficient (Wildman–Crippen LogP) is 1.02. The first-order valence-electron chi connectivity index (χ1n) is 7.84. The molecule has 0 spiro atoms. The Morgan fingerprint density at radius 3 is 3.04 bits per heavy atom. The molecule has 2 aromatic rings. The van der Waals surface area contributed by atoms with Gasteiger partial charge in [0.1, 0.15) is 11.9 Å². The normalized spacial score (nSPS) is 16.3. The number of nitriles is 1. The minimum absolute atomic E-state index is 0.0503. The van der Waals surface area contributed by atoms with E-state index in [-0.39, 0.29) is 18.2 Å². The molecule has 2 N–H and O–H groups in total. The SMILES string of the molecule is N#CC(NC(=O)Cc1nc(C2CCOCC2)n[nH]1)c1cccnc1. The number of hydrogen-bond acceptors (Lipinski definition) is 6. The Kier molecular flexibility index (Phi) is 5.13. The van der Waals surface area contributed by atoms with Crippen molar-refractivity contribution in [3.05, 3.63) is 41.7 Å². The average Bonchev–Trinajstić information content (AvgIpc) is 3.09. The Morgan fingerprint density at radius 1 is 1.50 bits per heavy atom. The lowest BCUT2D eigenvalue weighted by atomic mass is 10.00. The summed E-state index contributed by atoms with van der Waals surface area (Å²) in [5, 5.41) is 18.9. The lowest BCUT2D eigenvalue weighted by Crippen LogP contribution is -2.29. The first-order valence-corrected chi connectivity index (χ1v) is 7.84. The second kappa shape index (κ2) is 7.66. The predicted molar refractivity (Wildman–Crippen MR) is 83.6 cm³/mol. The fraction of sp³-hybridized carbons (Fsp3) is 0.438. The molecule has 1 amide bonds. The van der Waals surface area contributed by atoms with Gasteiger partial charge in [0.2, 0.25) is 5.91 Å². The van der Waals surface area contributed by atoms with Crippen molar-refractivity contribution in [1.29, 1.82) is 5.26 Å². The summed E-state index contributed by atoms with van der Waals surface area (Å²) in [4.78, 5) is 20.5. The van der Waals surface area contributed by atoms with E-state index in [2.05, 4.69) is 31.6 Å². The van der Waals surface area contributed by atoms with Crippen LogP contribution in [-0.2, 0) is 16.0 Å². The number of nitrogens with one attached hydrogen (secondary N) is 2. The first kappa shape index (κ1) is 16.1. The highest BCUT2D eigenvalue weighted by molar-refractivity contribution is 5.78. The number of hydrogen-bond donors (Lipinski definition) is 2. The molecule has 0 aromatic carbocycles. The third kappa shape index (κ3) is 3.94. The van der Waals surface area contributed by atoms with Gasteiger partial charge in [0.15, 0.2) is 5.82 Å². The van der Waals surface area contributed by atoms with Gasteiger partial charge in [-0.2, -0.15) is 10.4 Å². The Bertz CT molecular complexity index is 718. The quantitative estimate of drug-likeness (QED) is 0.847. The van der Waals surface area contributed by atoms with E-state index in [4.69, 9.17) is 4.74 Å². The molecule has 0 saturated carbocycles. The molecule has 1 aliphatic heterocycles.